The lowest BCUT2D eigenvalue weighted by Crippen LogP contribution is -2.22. The zero-order valence-corrected chi connectivity index (χ0v) is 16.4. The molecule has 1 unspecified atom stereocenters. The maximum Gasteiger partial charge on any atom is 0.237 e. The molecule has 140 valence electrons. The molecule has 0 heterocycles. The van der Waals surface area contributed by atoms with Crippen molar-refractivity contribution in [2.75, 3.05) is 25.6 Å². The molecule has 0 saturated heterocycles. The average Bonchev–Trinajstić information content (AvgIpc) is 2.64. The van der Waals surface area contributed by atoms with Crippen molar-refractivity contribution in [1.29, 1.82) is 0 Å². The first-order valence-electron chi connectivity index (χ1n) is 8.58. The number of ether oxygens (including phenoxy) is 3. The minimum Gasteiger partial charge on any atom is -0.497 e. The van der Waals surface area contributed by atoms with Crippen LogP contribution in [0.25, 0.3) is 0 Å². The molecule has 2 aromatic carbocycles. The highest BCUT2D eigenvalue weighted by molar-refractivity contribution is 8.00. The van der Waals surface area contributed by atoms with Crippen molar-refractivity contribution in [2.45, 2.75) is 30.9 Å². The molecule has 2 rings (SSSR count). The monoisotopic (exact) mass is 375 g/mol. The van der Waals surface area contributed by atoms with Gasteiger partial charge < -0.3 is 19.5 Å². The Balaban J connectivity index is 2.07. The minimum absolute atomic E-state index is 0.0968. The highest BCUT2D eigenvalue weighted by Crippen LogP contribution is 2.31. The van der Waals surface area contributed by atoms with Crippen molar-refractivity contribution in [3.63, 3.8) is 0 Å². The fourth-order valence-corrected chi connectivity index (χ4v) is 3.16. The van der Waals surface area contributed by atoms with Crippen LogP contribution in [-0.4, -0.2) is 31.5 Å². The number of methoxy groups -OCH3 is 1. The molecule has 0 saturated carbocycles. The SMILES string of the molecule is CCOc1ccc(OCC)c(NC(=O)C(C)Sc2ccc(OC)cc2)c1. The quantitative estimate of drug-likeness (QED) is 0.649. The summed E-state index contributed by atoms with van der Waals surface area (Å²) in [6.07, 6.45) is 0. The molecular weight excluding hydrogens is 350 g/mol. The smallest absolute Gasteiger partial charge is 0.237 e. The first kappa shape index (κ1) is 20.0. The number of hydrogen-bond acceptors (Lipinski definition) is 5. The van der Waals surface area contributed by atoms with Crippen LogP contribution < -0.4 is 19.5 Å². The van der Waals surface area contributed by atoms with E-state index in [0.717, 1.165) is 10.6 Å². The zero-order chi connectivity index (χ0) is 18.9. The summed E-state index contributed by atoms with van der Waals surface area (Å²) >= 11 is 1.48. The number of thioether (sulfide) groups is 1. The van der Waals surface area contributed by atoms with E-state index in [9.17, 15) is 4.79 Å². The number of hydrogen-bond donors (Lipinski definition) is 1. The number of rotatable bonds is 9. The number of amides is 1. The second-order valence-corrected chi connectivity index (χ2v) is 6.86. The van der Waals surface area contributed by atoms with Crippen LogP contribution in [-0.2, 0) is 4.79 Å². The molecule has 1 amide bonds. The summed E-state index contributed by atoms with van der Waals surface area (Å²) in [6, 6.07) is 13.1. The highest BCUT2D eigenvalue weighted by atomic mass is 32.2. The number of benzene rings is 2. The van der Waals surface area contributed by atoms with Crippen LogP contribution in [0.3, 0.4) is 0 Å². The summed E-state index contributed by atoms with van der Waals surface area (Å²) in [6.45, 7) is 6.78. The number of carbonyl (C=O) groups excluding carboxylic acids is 1. The predicted molar refractivity (Wildman–Crippen MR) is 106 cm³/mol. The first-order chi connectivity index (χ1) is 12.6. The number of nitrogens with one attached hydrogen (secondary N) is 1. The lowest BCUT2D eigenvalue weighted by atomic mass is 10.2. The van der Waals surface area contributed by atoms with Gasteiger partial charge in [-0.25, -0.2) is 0 Å². The first-order valence-corrected chi connectivity index (χ1v) is 9.46. The summed E-state index contributed by atoms with van der Waals surface area (Å²) in [5, 5.41) is 2.68. The van der Waals surface area contributed by atoms with Crippen molar-refractivity contribution in [1.82, 2.24) is 0 Å². The molecular formula is C20H25NO4S. The molecule has 0 radical (unpaired) electrons. The van der Waals surface area contributed by atoms with Gasteiger partial charge in [0.05, 0.1) is 31.3 Å². The average molecular weight is 375 g/mol. The standard InChI is InChI=1S/C20H25NO4S/c1-5-24-16-9-12-19(25-6-2)18(13-16)21-20(22)14(3)26-17-10-7-15(23-4)8-11-17/h7-14H,5-6H2,1-4H3,(H,21,22). The maximum absolute atomic E-state index is 12.6. The van der Waals surface area contributed by atoms with Gasteiger partial charge >= 0.3 is 0 Å². The topological polar surface area (TPSA) is 56.8 Å². The fraction of sp³-hybridized carbons (Fsp3) is 0.350. The Morgan fingerprint density at radius 1 is 1.04 bits per heavy atom. The van der Waals surface area contributed by atoms with Crippen LogP contribution in [0.15, 0.2) is 47.4 Å². The van der Waals surface area contributed by atoms with Gasteiger partial charge in [0.15, 0.2) is 0 Å². The summed E-state index contributed by atoms with van der Waals surface area (Å²) in [5.74, 6) is 2.02. The molecule has 0 spiro atoms. The number of carbonyl (C=O) groups is 1. The molecule has 0 aliphatic rings. The molecule has 26 heavy (non-hydrogen) atoms. The van der Waals surface area contributed by atoms with Crippen molar-refractivity contribution in [2.24, 2.45) is 0 Å². The fourth-order valence-electron chi connectivity index (χ4n) is 2.29. The summed E-state index contributed by atoms with van der Waals surface area (Å²) in [4.78, 5) is 13.6. The van der Waals surface area contributed by atoms with E-state index in [4.69, 9.17) is 14.2 Å². The minimum atomic E-state index is -0.270. The Kier molecular flexibility index (Phi) is 7.66. The Labute approximate surface area is 159 Å². The van der Waals surface area contributed by atoms with Crippen LogP contribution in [0.4, 0.5) is 5.69 Å². The van der Waals surface area contributed by atoms with Gasteiger partial charge in [0, 0.05) is 11.0 Å². The molecule has 2 aromatic rings. The van der Waals surface area contributed by atoms with E-state index in [2.05, 4.69) is 5.32 Å². The van der Waals surface area contributed by atoms with Crippen LogP contribution in [0.2, 0.25) is 0 Å². The van der Waals surface area contributed by atoms with E-state index in [1.54, 1.807) is 13.2 Å². The third-order valence-corrected chi connectivity index (χ3v) is 4.67. The van der Waals surface area contributed by atoms with E-state index in [0.29, 0.717) is 30.4 Å². The highest BCUT2D eigenvalue weighted by Gasteiger charge is 2.17. The van der Waals surface area contributed by atoms with E-state index in [1.165, 1.54) is 11.8 Å². The van der Waals surface area contributed by atoms with Crippen molar-refractivity contribution >= 4 is 23.4 Å². The zero-order valence-electron chi connectivity index (χ0n) is 15.6. The van der Waals surface area contributed by atoms with Gasteiger partial charge in [-0.1, -0.05) is 0 Å². The van der Waals surface area contributed by atoms with E-state index >= 15 is 0 Å². The summed E-state index contributed by atoms with van der Waals surface area (Å²) < 4.78 is 16.3. The lowest BCUT2D eigenvalue weighted by Gasteiger charge is -2.16. The molecule has 0 fully saturated rings. The van der Waals surface area contributed by atoms with Gasteiger partial charge in [-0.15, -0.1) is 11.8 Å². The second kappa shape index (κ2) is 9.97. The lowest BCUT2D eigenvalue weighted by molar-refractivity contribution is -0.115. The van der Waals surface area contributed by atoms with Crippen LogP contribution in [0.5, 0.6) is 17.2 Å². The summed E-state index contributed by atoms with van der Waals surface area (Å²) in [7, 11) is 1.63. The Hall–Kier alpha value is -2.34. The molecule has 0 aromatic heterocycles. The van der Waals surface area contributed by atoms with Gasteiger partial charge in [0.2, 0.25) is 5.91 Å². The third kappa shape index (κ3) is 5.59. The number of anilines is 1. The maximum atomic E-state index is 12.6. The van der Waals surface area contributed by atoms with Crippen molar-refractivity contribution in [3.05, 3.63) is 42.5 Å². The Bertz CT molecular complexity index is 718. The normalized spacial score (nSPS) is 11.5. The van der Waals surface area contributed by atoms with Gasteiger partial charge in [0.1, 0.15) is 17.2 Å². The van der Waals surface area contributed by atoms with Crippen molar-refractivity contribution < 1.29 is 19.0 Å². The van der Waals surface area contributed by atoms with E-state index in [1.807, 2.05) is 57.2 Å². The van der Waals surface area contributed by atoms with Gasteiger partial charge in [-0.3, -0.25) is 4.79 Å². The third-order valence-electron chi connectivity index (χ3n) is 3.56. The molecule has 5 nitrogen and oxygen atoms in total. The van der Waals surface area contributed by atoms with Gasteiger partial charge in [-0.2, -0.15) is 0 Å². The largest absolute Gasteiger partial charge is 0.497 e. The van der Waals surface area contributed by atoms with Crippen molar-refractivity contribution in [3.8, 4) is 17.2 Å². The van der Waals surface area contributed by atoms with Crippen LogP contribution in [0, 0.1) is 0 Å². The molecule has 0 bridgehead atoms. The van der Waals surface area contributed by atoms with E-state index < -0.39 is 0 Å². The summed E-state index contributed by atoms with van der Waals surface area (Å²) in [5.41, 5.74) is 0.616. The Morgan fingerprint density at radius 3 is 2.31 bits per heavy atom. The molecule has 6 heteroatoms. The molecule has 0 aliphatic heterocycles. The van der Waals surface area contributed by atoms with Crippen LogP contribution in [0.1, 0.15) is 20.8 Å². The second-order valence-electron chi connectivity index (χ2n) is 5.45. The van der Waals surface area contributed by atoms with Gasteiger partial charge in [0.25, 0.3) is 0 Å². The van der Waals surface area contributed by atoms with E-state index in [-0.39, 0.29) is 11.2 Å². The molecule has 1 N–H and O–H groups in total. The molecule has 0 aliphatic carbocycles. The predicted octanol–water partition coefficient (Wildman–Crippen LogP) is 4.61. The Morgan fingerprint density at radius 2 is 1.69 bits per heavy atom. The van der Waals surface area contributed by atoms with Crippen LogP contribution >= 0.6 is 11.8 Å². The van der Waals surface area contributed by atoms with Gasteiger partial charge in [-0.05, 0) is 57.2 Å². The molecule has 1 atom stereocenters.